The molecule has 0 saturated heterocycles. The molecule has 1 aliphatic rings. The van der Waals surface area contributed by atoms with Crippen molar-refractivity contribution >= 4 is 21.4 Å². The minimum absolute atomic E-state index is 0.0181. The third-order valence-corrected chi connectivity index (χ3v) is 7.06. The molecular weight excluding hydrogens is 410 g/mol. The van der Waals surface area contributed by atoms with Crippen LogP contribution >= 0.6 is 11.6 Å². The molecule has 0 bridgehead atoms. The van der Waals surface area contributed by atoms with Crippen LogP contribution in [0.15, 0.2) is 53.9 Å². The topological polar surface area (TPSA) is 52.6 Å². The smallest absolute Gasteiger partial charge is 0.186 e. The van der Waals surface area contributed by atoms with Crippen LogP contribution in [0.3, 0.4) is 0 Å². The van der Waals surface area contributed by atoms with Crippen LogP contribution < -0.4 is 4.74 Å². The summed E-state index contributed by atoms with van der Waals surface area (Å²) in [6.45, 7) is 4.02. The van der Waals surface area contributed by atoms with Crippen LogP contribution in [0, 0.1) is 17.6 Å². The predicted molar refractivity (Wildman–Crippen MR) is 102 cm³/mol. The molecule has 0 saturated carbocycles. The summed E-state index contributed by atoms with van der Waals surface area (Å²) in [6.07, 6.45) is 1.87. The molecule has 2 aromatic rings. The molecule has 2 atom stereocenters. The van der Waals surface area contributed by atoms with Crippen LogP contribution in [0.1, 0.15) is 17.2 Å². The first-order valence-electron chi connectivity index (χ1n) is 8.65. The second-order valence-corrected chi connectivity index (χ2v) is 8.92. The van der Waals surface area contributed by atoms with Gasteiger partial charge in [-0.3, -0.25) is 0 Å². The van der Waals surface area contributed by atoms with Crippen molar-refractivity contribution in [2.24, 2.45) is 5.92 Å². The molecule has 1 heterocycles. The van der Waals surface area contributed by atoms with Gasteiger partial charge in [0.2, 0.25) is 0 Å². The SMILES string of the molecule is C=CCOCC[C@H]1COc2c(F)ccc(F)c2C1S(=O)(=O)c1ccc(Cl)cc1. The Morgan fingerprint density at radius 1 is 1.18 bits per heavy atom. The van der Waals surface area contributed by atoms with Gasteiger partial charge < -0.3 is 9.47 Å². The van der Waals surface area contributed by atoms with E-state index in [0.29, 0.717) is 18.1 Å². The quantitative estimate of drug-likeness (QED) is 0.472. The first-order valence-corrected chi connectivity index (χ1v) is 10.6. The molecule has 0 spiro atoms. The summed E-state index contributed by atoms with van der Waals surface area (Å²) < 4.78 is 66.4. The number of ether oxygens (including phenoxy) is 2. The van der Waals surface area contributed by atoms with Gasteiger partial charge in [-0.1, -0.05) is 17.7 Å². The molecule has 0 N–H and O–H groups in total. The van der Waals surface area contributed by atoms with Crippen LogP contribution in [-0.2, 0) is 14.6 Å². The minimum atomic E-state index is -4.04. The Kier molecular flexibility index (Phi) is 6.37. The summed E-state index contributed by atoms with van der Waals surface area (Å²) in [5, 5.41) is -0.932. The van der Waals surface area contributed by atoms with E-state index in [1.165, 1.54) is 24.3 Å². The van der Waals surface area contributed by atoms with Crippen LogP contribution in [0.4, 0.5) is 8.78 Å². The Hall–Kier alpha value is -1.96. The van der Waals surface area contributed by atoms with E-state index in [-0.39, 0.29) is 29.4 Å². The normalized spacial score (nSPS) is 19.0. The molecule has 1 unspecified atom stereocenters. The van der Waals surface area contributed by atoms with E-state index in [9.17, 15) is 17.2 Å². The summed E-state index contributed by atoms with van der Waals surface area (Å²) in [6, 6.07) is 7.44. The lowest BCUT2D eigenvalue weighted by molar-refractivity contribution is 0.119. The first-order chi connectivity index (χ1) is 13.4. The fourth-order valence-electron chi connectivity index (χ4n) is 3.29. The summed E-state index contributed by atoms with van der Waals surface area (Å²) in [4.78, 5) is -0.0181. The molecule has 0 fully saturated rings. The number of sulfone groups is 1. The van der Waals surface area contributed by atoms with Gasteiger partial charge in [0.05, 0.1) is 23.7 Å². The number of hydrogen-bond acceptors (Lipinski definition) is 4. The molecule has 8 heteroatoms. The Bertz CT molecular complexity index is 961. The van der Waals surface area contributed by atoms with Crippen LogP contribution in [-0.4, -0.2) is 28.2 Å². The van der Waals surface area contributed by atoms with E-state index in [4.69, 9.17) is 21.1 Å². The second kappa shape index (κ2) is 8.59. The highest BCUT2D eigenvalue weighted by Crippen LogP contribution is 2.46. The first kappa shape index (κ1) is 20.8. The molecular formula is C20H19ClF2O4S. The maximum Gasteiger partial charge on any atom is 0.186 e. The van der Waals surface area contributed by atoms with Crippen molar-refractivity contribution in [3.8, 4) is 5.75 Å². The van der Waals surface area contributed by atoms with Gasteiger partial charge in [-0.15, -0.1) is 6.58 Å². The summed E-state index contributed by atoms with van der Waals surface area (Å²) in [5.74, 6) is -2.59. The van der Waals surface area contributed by atoms with Crippen LogP contribution in [0.25, 0.3) is 0 Å². The standard InChI is InChI=1S/C20H19ClF2O4S/c1-2-10-26-11-9-13-12-27-19-17(23)8-7-16(22)18(19)20(13)28(24,25)15-5-3-14(21)4-6-15/h2-8,13,20H,1,9-12H2/t13-,20?/m0/s1. The average molecular weight is 429 g/mol. The fraction of sp³-hybridized carbons (Fsp3) is 0.300. The van der Waals surface area contributed by atoms with Crippen molar-refractivity contribution in [3.05, 3.63) is 71.3 Å². The van der Waals surface area contributed by atoms with Gasteiger partial charge in [-0.25, -0.2) is 17.2 Å². The molecule has 4 nitrogen and oxygen atoms in total. The molecule has 2 aromatic carbocycles. The molecule has 150 valence electrons. The Balaban J connectivity index is 2.07. The molecule has 3 rings (SSSR count). The fourth-order valence-corrected chi connectivity index (χ4v) is 5.48. The molecule has 28 heavy (non-hydrogen) atoms. The monoisotopic (exact) mass is 428 g/mol. The van der Waals surface area contributed by atoms with E-state index in [2.05, 4.69) is 6.58 Å². The highest BCUT2D eigenvalue weighted by Gasteiger charge is 2.43. The molecule has 0 aromatic heterocycles. The molecule has 0 amide bonds. The van der Waals surface area contributed by atoms with E-state index in [1.54, 1.807) is 6.08 Å². The molecule has 0 aliphatic carbocycles. The van der Waals surface area contributed by atoms with Gasteiger partial charge in [0.1, 0.15) is 11.1 Å². The van der Waals surface area contributed by atoms with Crippen molar-refractivity contribution in [2.45, 2.75) is 16.6 Å². The number of fused-ring (bicyclic) bond motifs is 1. The lowest BCUT2D eigenvalue weighted by Gasteiger charge is -2.33. The predicted octanol–water partition coefficient (Wildman–Crippen LogP) is 4.73. The number of benzene rings is 2. The van der Waals surface area contributed by atoms with Crippen LogP contribution in [0.5, 0.6) is 5.75 Å². The Labute approximate surface area is 167 Å². The highest BCUT2D eigenvalue weighted by atomic mass is 35.5. The third kappa shape index (κ3) is 4.06. The van der Waals surface area contributed by atoms with Crippen molar-refractivity contribution in [3.63, 3.8) is 0 Å². The maximum absolute atomic E-state index is 14.7. The lowest BCUT2D eigenvalue weighted by Crippen LogP contribution is -2.33. The zero-order valence-corrected chi connectivity index (χ0v) is 16.5. The third-order valence-electron chi connectivity index (χ3n) is 4.59. The second-order valence-electron chi connectivity index (χ2n) is 6.41. The van der Waals surface area contributed by atoms with Crippen LogP contribution in [0.2, 0.25) is 5.02 Å². The van der Waals surface area contributed by atoms with Crippen molar-refractivity contribution in [1.29, 1.82) is 0 Å². The van der Waals surface area contributed by atoms with Gasteiger partial charge in [0.15, 0.2) is 21.4 Å². The maximum atomic E-state index is 14.7. The largest absolute Gasteiger partial charge is 0.490 e. The number of halogens is 3. The van der Waals surface area contributed by atoms with E-state index in [1.807, 2.05) is 0 Å². The van der Waals surface area contributed by atoms with Gasteiger partial charge in [0, 0.05) is 17.5 Å². The zero-order valence-electron chi connectivity index (χ0n) is 14.9. The lowest BCUT2D eigenvalue weighted by atomic mass is 9.93. The van der Waals surface area contributed by atoms with Crippen molar-refractivity contribution < 1.29 is 26.7 Å². The average Bonchev–Trinajstić information content (AvgIpc) is 2.68. The molecule has 1 aliphatic heterocycles. The minimum Gasteiger partial charge on any atom is -0.490 e. The summed E-state index contributed by atoms with van der Waals surface area (Å²) >= 11 is 5.85. The summed E-state index contributed by atoms with van der Waals surface area (Å²) in [7, 11) is -4.04. The van der Waals surface area contributed by atoms with Gasteiger partial charge in [-0.2, -0.15) is 0 Å². The Morgan fingerprint density at radius 3 is 2.54 bits per heavy atom. The number of hydrogen-bond donors (Lipinski definition) is 0. The molecule has 0 radical (unpaired) electrons. The van der Waals surface area contributed by atoms with E-state index < -0.39 is 32.6 Å². The van der Waals surface area contributed by atoms with E-state index >= 15 is 0 Å². The number of rotatable bonds is 7. The highest BCUT2D eigenvalue weighted by molar-refractivity contribution is 7.91. The zero-order chi connectivity index (χ0) is 20.3. The van der Waals surface area contributed by atoms with Gasteiger partial charge in [0.25, 0.3) is 0 Å². The van der Waals surface area contributed by atoms with Gasteiger partial charge >= 0.3 is 0 Å². The Morgan fingerprint density at radius 2 is 1.86 bits per heavy atom. The van der Waals surface area contributed by atoms with Gasteiger partial charge in [-0.05, 0) is 42.8 Å². The summed E-state index contributed by atoms with van der Waals surface area (Å²) in [5.41, 5.74) is -0.282. The van der Waals surface area contributed by atoms with Crippen molar-refractivity contribution in [1.82, 2.24) is 0 Å². The van der Waals surface area contributed by atoms with E-state index in [0.717, 1.165) is 12.1 Å². The van der Waals surface area contributed by atoms with Crippen molar-refractivity contribution in [2.75, 3.05) is 19.8 Å².